The Morgan fingerprint density at radius 3 is 2.83 bits per heavy atom. The number of nitrogens with zero attached hydrogens (tertiary/aromatic N) is 3. The molecule has 6 rings (SSSR count). The van der Waals surface area contributed by atoms with E-state index in [2.05, 4.69) is 20.5 Å². The van der Waals surface area contributed by atoms with Crippen LogP contribution in [0.1, 0.15) is 28.2 Å². The van der Waals surface area contributed by atoms with Crippen molar-refractivity contribution in [1.82, 2.24) is 19.8 Å². The Kier molecular flexibility index (Phi) is 5.71. The van der Waals surface area contributed by atoms with Crippen molar-refractivity contribution in [2.24, 2.45) is 0 Å². The molecule has 35 heavy (non-hydrogen) atoms. The lowest BCUT2D eigenvalue weighted by atomic mass is 10.1. The maximum Gasteiger partial charge on any atom is 0.256 e. The number of fused-ring (bicyclic) bond motifs is 2. The van der Waals surface area contributed by atoms with E-state index in [1.165, 1.54) is 12.8 Å². The van der Waals surface area contributed by atoms with Crippen molar-refractivity contribution < 1.29 is 9.53 Å². The van der Waals surface area contributed by atoms with Gasteiger partial charge in [0.1, 0.15) is 16.1 Å². The minimum atomic E-state index is -0.351. The van der Waals surface area contributed by atoms with Crippen molar-refractivity contribution in [2.75, 3.05) is 31.5 Å². The monoisotopic (exact) mass is 487 g/mol. The van der Waals surface area contributed by atoms with Crippen molar-refractivity contribution >= 4 is 33.8 Å². The van der Waals surface area contributed by atoms with Gasteiger partial charge in [0.15, 0.2) is 11.5 Å². The molecule has 1 fully saturated rings. The second-order valence-corrected chi connectivity index (χ2v) is 9.71. The summed E-state index contributed by atoms with van der Waals surface area (Å²) in [6, 6.07) is 11.2. The minimum Gasteiger partial charge on any atom is -0.451 e. The lowest BCUT2D eigenvalue weighted by molar-refractivity contribution is 0.0948. The molecule has 1 amide bonds. The first-order valence-electron chi connectivity index (χ1n) is 11.8. The van der Waals surface area contributed by atoms with Gasteiger partial charge < -0.3 is 24.8 Å². The van der Waals surface area contributed by atoms with Crippen LogP contribution in [0.4, 0.5) is 5.69 Å². The third-order valence-corrected chi connectivity index (χ3v) is 7.31. The molecule has 8 nitrogen and oxygen atoms in total. The number of anilines is 1. The molecule has 0 radical (unpaired) electrons. The predicted molar refractivity (Wildman–Crippen MR) is 137 cm³/mol. The number of para-hydroxylation sites is 2. The standard InChI is InChI=1S/C26H25N5O3S/c32-24-17-7-8-19(29-15-22-27-10-14-35-22)25-23(17)31(20-5-1-2-6-21(20)34-25)16-18(24)26(33)28-9-13-30-11-3-4-12-30/h1-2,5-8,10,14,16,29H,3-4,9,11-13,15H2,(H,28,33). The summed E-state index contributed by atoms with van der Waals surface area (Å²) in [6.45, 7) is 3.99. The summed E-state index contributed by atoms with van der Waals surface area (Å²) >= 11 is 1.57. The van der Waals surface area contributed by atoms with Gasteiger partial charge in [-0.25, -0.2) is 4.98 Å². The lowest BCUT2D eigenvalue weighted by Crippen LogP contribution is -2.36. The lowest BCUT2D eigenvalue weighted by Gasteiger charge is -2.25. The van der Waals surface area contributed by atoms with Crippen molar-refractivity contribution in [3.63, 3.8) is 0 Å². The van der Waals surface area contributed by atoms with Crippen molar-refractivity contribution in [3.05, 3.63) is 75.0 Å². The van der Waals surface area contributed by atoms with Crippen LogP contribution in [-0.2, 0) is 6.54 Å². The quantitative estimate of drug-likeness (QED) is 0.361. The van der Waals surface area contributed by atoms with E-state index >= 15 is 0 Å². The van der Waals surface area contributed by atoms with E-state index < -0.39 is 0 Å². The number of amides is 1. The second-order valence-electron chi connectivity index (χ2n) is 8.73. The van der Waals surface area contributed by atoms with Crippen LogP contribution in [0.15, 0.2) is 59.0 Å². The Bertz CT molecular complexity index is 1460. The summed E-state index contributed by atoms with van der Waals surface area (Å²) in [6.07, 6.45) is 5.82. The summed E-state index contributed by atoms with van der Waals surface area (Å²) in [7, 11) is 0. The molecule has 0 spiro atoms. The average molecular weight is 488 g/mol. The molecule has 2 aliphatic rings. The average Bonchev–Trinajstić information content (AvgIpc) is 3.59. The van der Waals surface area contributed by atoms with E-state index in [0.29, 0.717) is 35.5 Å². The molecule has 4 heterocycles. The first-order chi connectivity index (χ1) is 17.2. The Labute approximate surface area is 206 Å². The topological polar surface area (TPSA) is 88.5 Å². The van der Waals surface area contributed by atoms with Crippen LogP contribution in [0.5, 0.6) is 11.5 Å². The molecule has 2 N–H and O–H groups in total. The zero-order valence-corrected chi connectivity index (χ0v) is 19.9. The molecular weight excluding hydrogens is 462 g/mol. The van der Waals surface area contributed by atoms with Gasteiger partial charge in [0.25, 0.3) is 5.91 Å². The Balaban J connectivity index is 1.39. The number of aromatic nitrogens is 2. The maximum absolute atomic E-state index is 13.4. The highest BCUT2D eigenvalue weighted by atomic mass is 32.1. The van der Waals surface area contributed by atoms with Crippen LogP contribution in [-0.4, -0.2) is 46.5 Å². The van der Waals surface area contributed by atoms with Crippen LogP contribution in [0.3, 0.4) is 0 Å². The summed E-state index contributed by atoms with van der Waals surface area (Å²) in [4.78, 5) is 33.2. The van der Waals surface area contributed by atoms with Gasteiger partial charge in [-0.2, -0.15) is 0 Å². The van der Waals surface area contributed by atoms with Crippen molar-refractivity contribution in [3.8, 4) is 17.2 Å². The van der Waals surface area contributed by atoms with Crippen LogP contribution >= 0.6 is 11.3 Å². The van der Waals surface area contributed by atoms with E-state index in [-0.39, 0.29) is 16.9 Å². The van der Waals surface area contributed by atoms with Gasteiger partial charge in [0.05, 0.1) is 23.3 Å². The van der Waals surface area contributed by atoms with Crippen molar-refractivity contribution in [2.45, 2.75) is 19.4 Å². The maximum atomic E-state index is 13.4. The molecular formula is C26H25N5O3S. The van der Waals surface area contributed by atoms with Gasteiger partial charge in [-0.3, -0.25) is 9.59 Å². The third kappa shape index (κ3) is 4.06. The number of nitrogens with one attached hydrogen (secondary N) is 2. The number of benzene rings is 2. The molecule has 2 aromatic carbocycles. The molecule has 0 saturated carbocycles. The SMILES string of the molecule is O=C(NCCN1CCCC1)c1cn2c3c(c(NCc4nccs4)ccc3c1=O)Oc1ccccc1-2. The summed E-state index contributed by atoms with van der Waals surface area (Å²) < 4.78 is 8.18. The van der Waals surface area contributed by atoms with Crippen LogP contribution in [0.2, 0.25) is 0 Å². The Morgan fingerprint density at radius 2 is 2.00 bits per heavy atom. The van der Waals surface area contributed by atoms with E-state index in [1.54, 1.807) is 29.8 Å². The van der Waals surface area contributed by atoms with Gasteiger partial charge in [0, 0.05) is 30.9 Å². The van der Waals surface area contributed by atoms with Gasteiger partial charge in [0.2, 0.25) is 5.43 Å². The van der Waals surface area contributed by atoms with Gasteiger partial charge in [-0.05, 0) is 50.2 Å². The largest absolute Gasteiger partial charge is 0.451 e. The highest BCUT2D eigenvalue weighted by Gasteiger charge is 2.26. The Hall–Kier alpha value is -3.69. The third-order valence-electron chi connectivity index (χ3n) is 6.53. The molecule has 4 aromatic rings. The first-order valence-corrected chi connectivity index (χ1v) is 12.7. The second kappa shape index (κ2) is 9.16. The fraction of sp³-hybridized carbons (Fsp3) is 0.269. The minimum absolute atomic E-state index is 0.130. The molecule has 0 unspecified atom stereocenters. The normalized spacial score (nSPS) is 14.5. The van der Waals surface area contributed by atoms with E-state index in [1.807, 2.05) is 40.3 Å². The van der Waals surface area contributed by atoms with E-state index in [9.17, 15) is 9.59 Å². The highest BCUT2D eigenvalue weighted by Crippen LogP contribution is 2.43. The molecule has 0 atom stereocenters. The molecule has 2 aliphatic heterocycles. The molecule has 0 aliphatic carbocycles. The molecule has 9 heteroatoms. The fourth-order valence-corrected chi connectivity index (χ4v) is 5.33. The van der Waals surface area contributed by atoms with E-state index in [4.69, 9.17) is 4.74 Å². The number of hydrogen-bond acceptors (Lipinski definition) is 7. The summed E-state index contributed by atoms with van der Waals surface area (Å²) in [5.41, 5.74) is 2.02. The Morgan fingerprint density at radius 1 is 1.14 bits per heavy atom. The van der Waals surface area contributed by atoms with Crippen LogP contribution in [0.25, 0.3) is 16.6 Å². The molecule has 1 saturated heterocycles. The molecule has 178 valence electrons. The number of rotatable bonds is 7. The number of hydrogen-bond donors (Lipinski definition) is 2. The van der Waals surface area contributed by atoms with Gasteiger partial charge >= 0.3 is 0 Å². The zero-order valence-electron chi connectivity index (χ0n) is 19.1. The van der Waals surface area contributed by atoms with Gasteiger partial charge in [-0.1, -0.05) is 12.1 Å². The number of ether oxygens (including phenoxy) is 1. The van der Waals surface area contributed by atoms with Gasteiger partial charge in [-0.15, -0.1) is 11.3 Å². The zero-order chi connectivity index (χ0) is 23.8. The van der Waals surface area contributed by atoms with Crippen molar-refractivity contribution in [1.29, 1.82) is 0 Å². The first kappa shape index (κ1) is 21.8. The fourth-order valence-electron chi connectivity index (χ4n) is 4.78. The molecule has 2 aromatic heterocycles. The number of carbonyl (C=O) groups is 1. The predicted octanol–water partition coefficient (Wildman–Crippen LogP) is 3.99. The summed E-state index contributed by atoms with van der Waals surface area (Å²) in [5.74, 6) is 0.876. The number of likely N-dealkylation sites (tertiary alicyclic amines) is 1. The summed E-state index contributed by atoms with van der Waals surface area (Å²) in [5, 5.41) is 9.66. The number of carbonyl (C=O) groups excluding carboxylic acids is 1. The number of pyridine rings is 1. The smallest absolute Gasteiger partial charge is 0.256 e. The van der Waals surface area contributed by atoms with Crippen LogP contribution < -0.4 is 20.8 Å². The van der Waals surface area contributed by atoms with Crippen LogP contribution in [0, 0.1) is 0 Å². The highest BCUT2D eigenvalue weighted by molar-refractivity contribution is 7.09. The number of thiazole rings is 1. The molecule has 0 bridgehead atoms. The van der Waals surface area contributed by atoms with E-state index in [0.717, 1.165) is 36.0 Å².